The Morgan fingerprint density at radius 2 is 2.20 bits per heavy atom. The smallest absolute Gasteiger partial charge is 0.272 e. The molecule has 0 aliphatic heterocycles. The van der Waals surface area contributed by atoms with Crippen molar-refractivity contribution in [2.45, 2.75) is 0 Å². The Labute approximate surface area is 66.4 Å². The van der Waals surface area contributed by atoms with Crippen molar-refractivity contribution in [2.75, 3.05) is 26.7 Å². The number of hydrogen-bond acceptors (Lipinski definition) is 2. The topological polar surface area (TPSA) is 67.8 Å². The number of nitrogens with one attached hydrogen (secondary N) is 1. The molecule has 1 atom stereocenters. The molecule has 0 spiro atoms. The second-order valence-corrected chi connectivity index (χ2v) is 2.07. The maximum atomic E-state index is 10.2. The Morgan fingerprint density at radius 3 is 2.50 bits per heavy atom. The molecule has 0 saturated carbocycles. The number of primary amides is 1. The predicted molar refractivity (Wildman–Crippen MR) is 32.9 cm³/mol. The van der Waals surface area contributed by atoms with E-state index in [9.17, 15) is 4.79 Å². The van der Waals surface area contributed by atoms with Crippen molar-refractivity contribution >= 4 is 5.91 Å². The molecule has 10 heavy (non-hydrogen) atoms. The minimum Gasteiger partial charge on any atom is -1.00 e. The average Bonchev–Trinajstić information content (AvgIpc) is 1.63. The van der Waals surface area contributed by atoms with Crippen LogP contribution in [0.3, 0.4) is 0 Å². The fourth-order valence-electron chi connectivity index (χ4n) is 0.577. The van der Waals surface area contributed by atoms with E-state index in [2.05, 4.69) is 0 Å². The molecule has 1 amide bonds. The van der Waals surface area contributed by atoms with Crippen molar-refractivity contribution in [3.05, 3.63) is 0 Å². The first-order valence-corrected chi connectivity index (χ1v) is 2.87. The molecule has 0 fully saturated rings. The van der Waals surface area contributed by atoms with E-state index in [1.807, 2.05) is 0 Å². The van der Waals surface area contributed by atoms with Gasteiger partial charge in [0.1, 0.15) is 6.54 Å². The fraction of sp³-hybridized carbons (Fsp3) is 0.800. The van der Waals surface area contributed by atoms with Crippen LogP contribution in [0.15, 0.2) is 0 Å². The number of hydrogen-bond donors (Lipinski definition) is 3. The van der Waals surface area contributed by atoms with Crippen molar-refractivity contribution in [3.63, 3.8) is 0 Å². The zero-order chi connectivity index (χ0) is 7.28. The second-order valence-electron chi connectivity index (χ2n) is 2.07. The molecule has 0 rings (SSSR count). The van der Waals surface area contributed by atoms with Gasteiger partial charge in [0.25, 0.3) is 5.91 Å². The number of carbonyl (C=O) groups is 1. The van der Waals surface area contributed by atoms with Gasteiger partial charge < -0.3 is 28.1 Å². The molecule has 62 valence electrons. The van der Waals surface area contributed by atoms with Gasteiger partial charge in [-0.05, 0) is 0 Å². The Morgan fingerprint density at radius 1 is 1.70 bits per heavy atom. The maximum Gasteiger partial charge on any atom is 0.272 e. The third-order valence-corrected chi connectivity index (χ3v) is 1.01. The van der Waals surface area contributed by atoms with Crippen LogP contribution in [-0.4, -0.2) is 37.8 Å². The van der Waals surface area contributed by atoms with Gasteiger partial charge >= 0.3 is 0 Å². The molecule has 0 aromatic heterocycles. The van der Waals surface area contributed by atoms with Gasteiger partial charge in [-0.15, -0.1) is 0 Å². The Hall–Kier alpha value is -0.320. The first-order chi connectivity index (χ1) is 4.16. The molecule has 0 aliphatic carbocycles. The SMILES string of the molecule is C[NH+](CCO)CC(N)=O.[Cl-]. The number of carbonyl (C=O) groups excluding carboxylic acids is 1. The van der Waals surface area contributed by atoms with Crippen molar-refractivity contribution in [2.24, 2.45) is 5.73 Å². The van der Waals surface area contributed by atoms with Crippen LogP contribution in [-0.2, 0) is 4.79 Å². The molecule has 4 N–H and O–H groups in total. The lowest BCUT2D eigenvalue weighted by molar-refractivity contribution is -0.871. The van der Waals surface area contributed by atoms with Crippen LogP contribution < -0.4 is 23.0 Å². The molecule has 0 aromatic rings. The molecular weight excluding hydrogens is 156 g/mol. The van der Waals surface area contributed by atoms with E-state index >= 15 is 0 Å². The minimum absolute atomic E-state index is 0. The van der Waals surface area contributed by atoms with E-state index in [4.69, 9.17) is 10.8 Å². The molecule has 0 bridgehead atoms. The lowest BCUT2D eigenvalue weighted by atomic mass is 10.5. The standard InChI is InChI=1S/C5H12N2O2.ClH/c1-7(2-3-8)4-5(6)9;/h8H,2-4H2,1H3,(H2,6,9);1H. The van der Waals surface area contributed by atoms with Gasteiger partial charge in [-0.1, -0.05) is 0 Å². The summed E-state index contributed by atoms with van der Waals surface area (Å²) >= 11 is 0. The first kappa shape index (κ1) is 12.4. The van der Waals surface area contributed by atoms with Crippen molar-refractivity contribution in [3.8, 4) is 0 Å². The van der Waals surface area contributed by atoms with E-state index in [1.165, 1.54) is 0 Å². The molecule has 0 aromatic carbocycles. The van der Waals surface area contributed by atoms with Crippen molar-refractivity contribution < 1.29 is 27.2 Å². The molecule has 0 saturated heterocycles. The lowest BCUT2D eigenvalue weighted by Gasteiger charge is -2.08. The lowest BCUT2D eigenvalue weighted by Crippen LogP contribution is -3.10. The van der Waals surface area contributed by atoms with Crippen LogP contribution in [0.2, 0.25) is 0 Å². The third-order valence-electron chi connectivity index (χ3n) is 1.01. The number of quaternary nitrogens is 1. The summed E-state index contributed by atoms with van der Waals surface area (Å²) in [6, 6.07) is 0. The molecule has 5 heteroatoms. The Balaban J connectivity index is 0. The van der Waals surface area contributed by atoms with Crippen molar-refractivity contribution in [1.82, 2.24) is 0 Å². The summed E-state index contributed by atoms with van der Waals surface area (Å²) in [6.45, 7) is 0.961. The molecule has 0 heterocycles. The fourth-order valence-corrected chi connectivity index (χ4v) is 0.577. The summed E-state index contributed by atoms with van der Waals surface area (Å²) in [5.41, 5.74) is 4.88. The summed E-state index contributed by atoms with van der Waals surface area (Å²) in [6.07, 6.45) is 0. The van der Waals surface area contributed by atoms with Gasteiger partial charge in [0.15, 0.2) is 6.54 Å². The van der Waals surface area contributed by atoms with E-state index in [0.717, 1.165) is 4.90 Å². The maximum absolute atomic E-state index is 10.2. The van der Waals surface area contributed by atoms with Crippen molar-refractivity contribution in [1.29, 1.82) is 0 Å². The highest BCUT2D eigenvalue weighted by Gasteiger charge is 2.02. The van der Waals surface area contributed by atoms with Crippen LogP contribution in [0, 0.1) is 0 Å². The largest absolute Gasteiger partial charge is 1.00 e. The summed E-state index contributed by atoms with van der Waals surface area (Å²) in [5.74, 6) is -0.332. The van der Waals surface area contributed by atoms with Crippen LogP contribution in [0.5, 0.6) is 0 Å². The quantitative estimate of drug-likeness (QED) is 0.391. The normalized spacial score (nSPS) is 11.8. The minimum atomic E-state index is -0.332. The zero-order valence-electron chi connectivity index (χ0n) is 5.93. The Kier molecular flexibility index (Phi) is 8.40. The number of likely N-dealkylation sites (N-methyl/N-ethyl adjacent to an activating group) is 1. The van der Waals surface area contributed by atoms with Crippen LogP contribution in [0.25, 0.3) is 0 Å². The van der Waals surface area contributed by atoms with E-state index in [1.54, 1.807) is 7.05 Å². The first-order valence-electron chi connectivity index (χ1n) is 2.87. The zero-order valence-corrected chi connectivity index (χ0v) is 6.69. The summed E-state index contributed by atoms with van der Waals surface area (Å²) in [7, 11) is 1.81. The van der Waals surface area contributed by atoms with Crippen LogP contribution >= 0.6 is 0 Å². The highest BCUT2D eigenvalue weighted by molar-refractivity contribution is 5.74. The number of aliphatic hydroxyl groups excluding tert-OH is 1. The Bertz CT molecular complexity index is 99.6. The highest BCUT2D eigenvalue weighted by Crippen LogP contribution is 1.46. The summed E-state index contributed by atoms with van der Waals surface area (Å²) < 4.78 is 0. The van der Waals surface area contributed by atoms with Crippen LogP contribution in [0.4, 0.5) is 0 Å². The predicted octanol–water partition coefficient (Wildman–Crippen LogP) is -6.02. The average molecular weight is 169 g/mol. The van der Waals surface area contributed by atoms with E-state index in [0.29, 0.717) is 13.1 Å². The number of nitrogens with two attached hydrogens (primary N) is 1. The second kappa shape index (κ2) is 6.80. The van der Waals surface area contributed by atoms with Gasteiger partial charge in [0, 0.05) is 0 Å². The number of aliphatic hydroxyl groups is 1. The monoisotopic (exact) mass is 168 g/mol. The van der Waals surface area contributed by atoms with E-state index in [-0.39, 0.29) is 24.9 Å². The number of rotatable bonds is 4. The van der Waals surface area contributed by atoms with Gasteiger partial charge in [0.05, 0.1) is 13.7 Å². The molecule has 4 nitrogen and oxygen atoms in total. The molecule has 0 aliphatic rings. The van der Waals surface area contributed by atoms with Gasteiger partial charge in [-0.25, -0.2) is 0 Å². The summed E-state index contributed by atoms with van der Waals surface area (Å²) in [5, 5.41) is 8.38. The van der Waals surface area contributed by atoms with Crippen LogP contribution in [0.1, 0.15) is 0 Å². The third kappa shape index (κ3) is 7.68. The summed E-state index contributed by atoms with van der Waals surface area (Å²) in [4.78, 5) is 11.1. The molecule has 0 radical (unpaired) electrons. The number of amides is 1. The highest BCUT2D eigenvalue weighted by atomic mass is 35.5. The van der Waals surface area contributed by atoms with Gasteiger partial charge in [0.2, 0.25) is 0 Å². The molecular formula is C5H13ClN2O2. The van der Waals surface area contributed by atoms with Gasteiger partial charge in [-0.2, -0.15) is 0 Å². The number of halogens is 1. The van der Waals surface area contributed by atoms with E-state index < -0.39 is 0 Å². The van der Waals surface area contributed by atoms with Gasteiger partial charge in [-0.3, -0.25) is 4.79 Å². The molecule has 1 unspecified atom stereocenters.